The van der Waals surface area contributed by atoms with E-state index in [0.717, 1.165) is 13.1 Å². The minimum absolute atomic E-state index is 0.512. The second kappa shape index (κ2) is 6.44. The lowest BCUT2D eigenvalue weighted by molar-refractivity contribution is 0.233. The fourth-order valence-electron chi connectivity index (χ4n) is 1.71. The fourth-order valence-corrected chi connectivity index (χ4v) is 1.71. The van der Waals surface area contributed by atoms with E-state index in [1.165, 1.54) is 19.3 Å². The third kappa shape index (κ3) is 3.55. The lowest BCUT2D eigenvalue weighted by atomic mass is 9.79. The van der Waals surface area contributed by atoms with Gasteiger partial charge in [-0.15, -0.1) is 0 Å². The zero-order chi connectivity index (χ0) is 9.45. The molecule has 0 fully saturated rings. The van der Waals surface area contributed by atoms with Crippen molar-refractivity contribution in [2.45, 2.75) is 33.1 Å². The summed E-state index contributed by atoms with van der Waals surface area (Å²) in [7, 11) is 4.06. The smallest absolute Gasteiger partial charge is 0.000507 e. The summed E-state index contributed by atoms with van der Waals surface area (Å²) in [6.07, 6.45) is 3.81. The molecule has 0 aromatic carbocycles. The molecule has 0 saturated heterocycles. The first-order chi connectivity index (χ1) is 5.74. The van der Waals surface area contributed by atoms with Gasteiger partial charge < -0.3 is 10.6 Å². The summed E-state index contributed by atoms with van der Waals surface area (Å²) >= 11 is 0. The standard InChI is InChI=1S/C10H24N2/c1-5-10(6-2,9-12-4)7-8-11-3/h11-12H,5-9H2,1-4H3. The molecule has 0 radical (unpaired) electrons. The third-order valence-corrected chi connectivity index (χ3v) is 2.96. The van der Waals surface area contributed by atoms with E-state index in [9.17, 15) is 0 Å². The quantitative estimate of drug-likeness (QED) is 0.610. The summed E-state index contributed by atoms with van der Waals surface area (Å²) in [5, 5.41) is 6.51. The van der Waals surface area contributed by atoms with Crippen molar-refractivity contribution in [3.63, 3.8) is 0 Å². The Bertz CT molecular complexity index is 98.0. The van der Waals surface area contributed by atoms with Crippen LogP contribution in [0.15, 0.2) is 0 Å². The van der Waals surface area contributed by atoms with Gasteiger partial charge in [0.05, 0.1) is 0 Å². The number of nitrogens with one attached hydrogen (secondary N) is 2. The van der Waals surface area contributed by atoms with Crippen LogP contribution in [0.4, 0.5) is 0 Å². The van der Waals surface area contributed by atoms with Gasteiger partial charge in [0.2, 0.25) is 0 Å². The molecule has 0 heterocycles. The molecule has 0 saturated carbocycles. The van der Waals surface area contributed by atoms with Crippen molar-refractivity contribution in [2.75, 3.05) is 27.2 Å². The van der Waals surface area contributed by atoms with Crippen LogP contribution < -0.4 is 10.6 Å². The highest BCUT2D eigenvalue weighted by atomic mass is 14.8. The van der Waals surface area contributed by atoms with Crippen LogP contribution in [0, 0.1) is 5.41 Å². The average Bonchev–Trinajstić information content (AvgIpc) is 2.13. The predicted molar refractivity (Wildman–Crippen MR) is 55.5 cm³/mol. The Kier molecular flexibility index (Phi) is 6.39. The monoisotopic (exact) mass is 172 g/mol. The van der Waals surface area contributed by atoms with Crippen molar-refractivity contribution in [3.8, 4) is 0 Å². The summed E-state index contributed by atoms with van der Waals surface area (Å²) in [4.78, 5) is 0. The Morgan fingerprint density at radius 2 is 1.58 bits per heavy atom. The summed E-state index contributed by atoms with van der Waals surface area (Å²) in [5.74, 6) is 0. The normalized spacial score (nSPS) is 12.0. The van der Waals surface area contributed by atoms with Crippen molar-refractivity contribution in [1.29, 1.82) is 0 Å². The molecule has 0 aromatic rings. The molecular weight excluding hydrogens is 148 g/mol. The highest BCUT2D eigenvalue weighted by Crippen LogP contribution is 2.28. The number of hydrogen-bond acceptors (Lipinski definition) is 2. The number of rotatable bonds is 7. The summed E-state index contributed by atoms with van der Waals surface area (Å²) in [6, 6.07) is 0. The van der Waals surface area contributed by atoms with Crippen LogP contribution in [0.3, 0.4) is 0 Å². The predicted octanol–water partition coefficient (Wildman–Crippen LogP) is 1.62. The van der Waals surface area contributed by atoms with Gasteiger partial charge in [0.1, 0.15) is 0 Å². The first-order valence-electron chi connectivity index (χ1n) is 5.04. The molecule has 74 valence electrons. The molecule has 0 aliphatic heterocycles. The van der Waals surface area contributed by atoms with Crippen molar-refractivity contribution >= 4 is 0 Å². The second-order valence-corrected chi connectivity index (χ2v) is 3.59. The van der Waals surface area contributed by atoms with E-state index in [0.29, 0.717) is 5.41 Å². The van der Waals surface area contributed by atoms with Gasteiger partial charge in [-0.25, -0.2) is 0 Å². The summed E-state index contributed by atoms with van der Waals surface area (Å²) in [6.45, 7) is 6.85. The van der Waals surface area contributed by atoms with Crippen LogP contribution in [0.25, 0.3) is 0 Å². The molecule has 0 aliphatic rings. The minimum atomic E-state index is 0.512. The van der Waals surface area contributed by atoms with Crippen molar-refractivity contribution < 1.29 is 0 Å². The first kappa shape index (κ1) is 11.9. The Morgan fingerprint density at radius 1 is 1.00 bits per heavy atom. The zero-order valence-corrected chi connectivity index (χ0v) is 9.04. The van der Waals surface area contributed by atoms with Gasteiger partial charge in [-0.1, -0.05) is 13.8 Å². The fraction of sp³-hybridized carbons (Fsp3) is 1.00. The van der Waals surface area contributed by atoms with Gasteiger partial charge in [0, 0.05) is 6.54 Å². The average molecular weight is 172 g/mol. The summed E-state index contributed by atoms with van der Waals surface area (Å²) in [5.41, 5.74) is 0.512. The Balaban J connectivity index is 3.95. The maximum absolute atomic E-state index is 3.29. The molecule has 2 heteroatoms. The van der Waals surface area contributed by atoms with Crippen molar-refractivity contribution in [1.82, 2.24) is 10.6 Å². The van der Waals surface area contributed by atoms with Gasteiger partial charge in [-0.05, 0) is 45.3 Å². The van der Waals surface area contributed by atoms with E-state index in [1.54, 1.807) is 0 Å². The van der Waals surface area contributed by atoms with E-state index >= 15 is 0 Å². The molecule has 0 aromatic heterocycles. The van der Waals surface area contributed by atoms with Gasteiger partial charge in [-0.2, -0.15) is 0 Å². The Hall–Kier alpha value is -0.0800. The lowest BCUT2D eigenvalue weighted by Gasteiger charge is -2.31. The van der Waals surface area contributed by atoms with Crippen LogP contribution in [0.1, 0.15) is 33.1 Å². The lowest BCUT2D eigenvalue weighted by Crippen LogP contribution is -2.34. The molecule has 0 spiro atoms. The van der Waals surface area contributed by atoms with Gasteiger partial charge in [0.25, 0.3) is 0 Å². The number of hydrogen-bond donors (Lipinski definition) is 2. The maximum Gasteiger partial charge on any atom is 0.000507 e. The van der Waals surface area contributed by atoms with E-state index < -0.39 is 0 Å². The topological polar surface area (TPSA) is 24.1 Å². The Morgan fingerprint density at radius 3 is 1.92 bits per heavy atom. The van der Waals surface area contributed by atoms with Gasteiger partial charge in [-0.3, -0.25) is 0 Å². The molecule has 2 N–H and O–H groups in total. The van der Waals surface area contributed by atoms with Crippen LogP contribution in [-0.2, 0) is 0 Å². The first-order valence-corrected chi connectivity index (χ1v) is 5.04. The van der Waals surface area contributed by atoms with E-state index in [2.05, 4.69) is 24.5 Å². The molecule has 0 rings (SSSR count). The van der Waals surface area contributed by atoms with Crippen molar-refractivity contribution in [3.05, 3.63) is 0 Å². The molecule has 0 bridgehead atoms. The van der Waals surface area contributed by atoms with E-state index in [4.69, 9.17) is 0 Å². The molecule has 0 aliphatic carbocycles. The maximum atomic E-state index is 3.29. The molecule has 0 atom stereocenters. The highest BCUT2D eigenvalue weighted by molar-refractivity contribution is 4.78. The third-order valence-electron chi connectivity index (χ3n) is 2.96. The largest absolute Gasteiger partial charge is 0.320 e. The molecular formula is C10H24N2. The molecule has 12 heavy (non-hydrogen) atoms. The highest BCUT2D eigenvalue weighted by Gasteiger charge is 2.23. The Labute approximate surface area is 77.1 Å². The van der Waals surface area contributed by atoms with Gasteiger partial charge in [0.15, 0.2) is 0 Å². The second-order valence-electron chi connectivity index (χ2n) is 3.59. The summed E-state index contributed by atoms with van der Waals surface area (Å²) < 4.78 is 0. The van der Waals surface area contributed by atoms with Crippen LogP contribution >= 0.6 is 0 Å². The van der Waals surface area contributed by atoms with Crippen LogP contribution in [0.5, 0.6) is 0 Å². The van der Waals surface area contributed by atoms with Gasteiger partial charge >= 0.3 is 0 Å². The van der Waals surface area contributed by atoms with E-state index in [-0.39, 0.29) is 0 Å². The molecule has 0 unspecified atom stereocenters. The van der Waals surface area contributed by atoms with E-state index in [1.807, 2.05) is 14.1 Å². The molecule has 0 amide bonds. The van der Waals surface area contributed by atoms with Crippen molar-refractivity contribution in [2.24, 2.45) is 5.41 Å². The molecule has 2 nitrogen and oxygen atoms in total. The minimum Gasteiger partial charge on any atom is -0.320 e. The zero-order valence-electron chi connectivity index (χ0n) is 9.04. The SMILES string of the molecule is CCC(CC)(CCNC)CNC. The van der Waals surface area contributed by atoms with Crippen LogP contribution in [-0.4, -0.2) is 27.2 Å². The van der Waals surface area contributed by atoms with Crippen LogP contribution in [0.2, 0.25) is 0 Å².